The minimum atomic E-state index is -1.14. The van der Waals surface area contributed by atoms with E-state index in [0.29, 0.717) is 5.56 Å². The highest BCUT2D eigenvalue weighted by Gasteiger charge is 2.22. The molecule has 0 atom stereocenters. The molecule has 0 bridgehead atoms. The standard InChI is InChI=1S/C13H15F2NO2/c1-18-13(17)10-6-9(7-11(14)12(10)15)8-2-4-16-5-3-8/h6-8,16H,2-5H2,1H3. The molecular formula is C13H15F2NO2. The van der Waals surface area contributed by atoms with Crippen LogP contribution >= 0.6 is 0 Å². The van der Waals surface area contributed by atoms with Gasteiger partial charge in [0, 0.05) is 0 Å². The van der Waals surface area contributed by atoms with Gasteiger partial charge in [0.05, 0.1) is 12.7 Å². The fourth-order valence-electron chi connectivity index (χ4n) is 2.26. The van der Waals surface area contributed by atoms with Crippen LogP contribution in [-0.2, 0) is 4.74 Å². The number of hydrogen-bond acceptors (Lipinski definition) is 3. The smallest absolute Gasteiger partial charge is 0.340 e. The number of carbonyl (C=O) groups is 1. The first-order valence-electron chi connectivity index (χ1n) is 5.91. The maximum absolute atomic E-state index is 13.5. The molecule has 1 aliphatic rings. The Morgan fingerprint density at radius 1 is 1.33 bits per heavy atom. The third kappa shape index (κ3) is 2.51. The van der Waals surface area contributed by atoms with E-state index in [9.17, 15) is 13.6 Å². The van der Waals surface area contributed by atoms with Gasteiger partial charge < -0.3 is 10.1 Å². The van der Waals surface area contributed by atoms with Crippen molar-refractivity contribution in [3.63, 3.8) is 0 Å². The number of nitrogens with one attached hydrogen (secondary N) is 1. The lowest BCUT2D eigenvalue weighted by atomic mass is 9.89. The van der Waals surface area contributed by atoms with E-state index in [1.54, 1.807) is 0 Å². The van der Waals surface area contributed by atoms with E-state index in [0.717, 1.165) is 33.0 Å². The van der Waals surface area contributed by atoms with E-state index in [2.05, 4.69) is 10.1 Å². The van der Waals surface area contributed by atoms with E-state index in [1.165, 1.54) is 12.1 Å². The van der Waals surface area contributed by atoms with Gasteiger partial charge in [0.15, 0.2) is 11.6 Å². The molecular weight excluding hydrogens is 240 g/mol. The van der Waals surface area contributed by atoms with Crippen LogP contribution in [0.4, 0.5) is 8.78 Å². The first kappa shape index (κ1) is 13.0. The molecule has 0 aliphatic carbocycles. The molecule has 0 saturated carbocycles. The molecule has 1 aromatic carbocycles. The summed E-state index contributed by atoms with van der Waals surface area (Å²) < 4.78 is 31.4. The lowest BCUT2D eigenvalue weighted by Gasteiger charge is -2.23. The highest BCUT2D eigenvalue weighted by molar-refractivity contribution is 5.89. The average Bonchev–Trinajstić information content (AvgIpc) is 2.41. The monoisotopic (exact) mass is 255 g/mol. The average molecular weight is 255 g/mol. The quantitative estimate of drug-likeness (QED) is 0.823. The second-order valence-corrected chi connectivity index (χ2v) is 4.38. The van der Waals surface area contributed by atoms with Gasteiger partial charge in [-0.25, -0.2) is 13.6 Å². The van der Waals surface area contributed by atoms with Crippen LogP contribution in [-0.4, -0.2) is 26.2 Å². The highest BCUT2D eigenvalue weighted by atomic mass is 19.2. The largest absolute Gasteiger partial charge is 0.465 e. The molecule has 2 rings (SSSR count). The molecule has 0 aromatic heterocycles. The molecule has 98 valence electrons. The fourth-order valence-corrected chi connectivity index (χ4v) is 2.26. The molecule has 0 unspecified atom stereocenters. The summed E-state index contributed by atoms with van der Waals surface area (Å²) in [5.41, 5.74) is 0.335. The highest BCUT2D eigenvalue weighted by Crippen LogP contribution is 2.28. The molecule has 0 amide bonds. The summed E-state index contributed by atoms with van der Waals surface area (Å²) >= 11 is 0. The molecule has 1 N–H and O–H groups in total. The lowest BCUT2D eigenvalue weighted by molar-refractivity contribution is 0.0594. The molecule has 1 fully saturated rings. The molecule has 1 saturated heterocycles. The van der Waals surface area contributed by atoms with Crippen molar-refractivity contribution in [2.45, 2.75) is 18.8 Å². The summed E-state index contributed by atoms with van der Waals surface area (Å²) in [4.78, 5) is 11.4. The maximum Gasteiger partial charge on any atom is 0.340 e. The molecule has 1 aliphatic heterocycles. The second-order valence-electron chi connectivity index (χ2n) is 4.38. The zero-order valence-electron chi connectivity index (χ0n) is 10.1. The van der Waals surface area contributed by atoms with Crippen LogP contribution in [0.2, 0.25) is 0 Å². The van der Waals surface area contributed by atoms with Gasteiger partial charge >= 0.3 is 5.97 Å². The third-order valence-electron chi connectivity index (χ3n) is 3.27. The van der Waals surface area contributed by atoms with Crippen LogP contribution < -0.4 is 5.32 Å². The van der Waals surface area contributed by atoms with Gasteiger partial charge in [0.1, 0.15) is 0 Å². The Hall–Kier alpha value is -1.49. The summed E-state index contributed by atoms with van der Waals surface area (Å²) in [6.07, 6.45) is 1.71. The number of methoxy groups -OCH3 is 1. The van der Waals surface area contributed by atoms with Gasteiger partial charge in [-0.2, -0.15) is 0 Å². The van der Waals surface area contributed by atoms with Crippen molar-refractivity contribution < 1.29 is 18.3 Å². The minimum absolute atomic E-state index is 0.157. The zero-order chi connectivity index (χ0) is 13.1. The van der Waals surface area contributed by atoms with Crippen LogP contribution in [0.15, 0.2) is 12.1 Å². The van der Waals surface area contributed by atoms with Gasteiger partial charge in [-0.05, 0) is 49.5 Å². The van der Waals surface area contributed by atoms with Crippen LogP contribution in [0.5, 0.6) is 0 Å². The normalized spacial score (nSPS) is 16.6. The van der Waals surface area contributed by atoms with E-state index in [-0.39, 0.29) is 11.5 Å². The van der Waals surface area contributed by atoms with Crippen molar-refractivity contribution in [1.29, 1.82) is 0 Å². The lowest BCUT2D eigenvalue weighted by Crippen LogP contribution is -2.27. The molecule has 0 spiro atoms. The van der Waals surface area contributed by atoms with Crippen molar-refractivity contribution in [3.8, 4) is 0 Å². The summed E-state index contributed by atoms with van der Waals surface area (Å²) in [6.45, 7) is 1.69. The van der Waals surface area contributed by atoms with Crippen LogP contribution in [0.1, 0.15) is 34.7 Å². The Balaban J connectivity index is 2.36. The number of halogens is 2. The van der Waals surface area contributed by atoms with Crippen molar-refractivity contribution in [1.82, 2.24) is 5.32 Å². The Kier molecular flexibility index (Phi) is 3.91. The van der Waals surface area contributed by atoms with Crippen LogP contribution in [0, 0.1) is 11.6 Å². The van der Waals surface area contributed by atoms with E-state index >= 15 is 0 Å². The van der Waals surface area contributed by atoms with Crippen LogP contribution in [0.3, 0.4) is 0 Å². The number of benzene rings is 1. The predicted octanol–water partition coefficient (Wildman–Crippen LogP) is 2.22. The first-order valence-corrected chi connectivity index (χ1v) is 5.91. The molecule has 1 heterocycles. The number of carbonyl (C=O) groups excluding carboxylic acids is 1. The number of hydrogen-bond donors (Lipinski definition) is 1. The molecule has 5 heteroatoms. The summed E-state index contributed by atoms with van der Waals surface area (Å²) in [7, 11) is 1.15. The van der Waals surface area contributed by atoms with E-state index in [4.69, 9.17) is 0 Å². The van der Waals surface area contributed by atoms with Gasteiger partial charge in [-0.15, -0.1) is 0 Å². The van der Waals surface area contributed by atoms with Gasteiger partial charge in [-0.3, -0.25) is 0 Å². The maximum atomic E-state index is 13.5. The number of ether oxygens (including phenoxy) is 1. The van der Waals surface area contributed by atoms with E-state index < -0.39 is 17.6 Å². The Morgan fingerprint density at radius 2 is 2.00 bits per heavy atom. The minimum Gasteiger partial charge on any atom is -0.465 e. The third-order valence-corrected chi connectivity index (χ3v) is 3.27. The SMILES string of the molecule is COC(=O)c1cc(C2CCNCC2)cc(F)c1F. The van der Waals surface area contributed by atoms with Crippen molar-refractivity contribution >= 4 is 5.97 Å². The summed E-state index contributed by atoms with van der Waals surface area (Å²) in [5.74, 6) is -2.82. The van der Waals surface area contributed by atoms with Crippen molar-refractivity contribution in [2.75, 3.05) is 20.2 Å². The fraction of sp³-hybridized carbons (Fsp3) is 0.462. The summed E-state index contributed by atoms with van der Waals surface area (Å²) in [5, 5.41) is 3.20. The Morgan fingerprint density at radius 3 is 2.61 bits per heavy atom. The van der Waals surface area contributed by atoms with Crippen molar-refractivity contribution in [3.05, 3.63) is 34.9 Å². The number of rotatable bonds is 2. The second kappa shape index (κ2) is 5.44. The van der Waals surface area contributed by atoms with Gasteiger partial charge in [0.2, 0.25) is 0 Å². The summed E-state index contributed by atoms with van der Waals surface area (Å²) in [6, 6.07) is 2.58. The number of esters is 1. The van der Waals surface area contributed by atoms with E-state index in [1.807, 2.05) is 0 Å². The van der Waals surface area contributed by atoms with Gasteiger partial charge in [-0.1, -0.05) is 0 Å². The Bertz CT molecular complexity index is 457. The van der Waals surface area contributed by atoms with Crippen LogP contribution in [0.25, 0.3) is 0 Å². The topological polar surface area (TPSA) is 38.3 Å². The molecule has 3 nitrogen and oxygen atoms in total. The molecule has 1 aromatic rings. The molecule has 18 heavy (non-hydrogen) atoms. The molecule has 0 radical (unpaired) electrons. The first-order chi connectivity index (χ1) is 8.63. The Labute approximate surface area is 104 Å². The van der Waals surface area contributed by atoms with Crippen molar-refractivity contribution in [2.24, 2.45) is 0 Å². The number of piperidine rings is 1. The zero-order valence-corrected chi connectivity index (χ0v) is 10.1. The predicted molar refractivity (Wildman–Crippen MR) is 62.5 cm³/mol. The van der Waals surface area contributed by atoms with Gasteiger partial charge in [0.25, 0.3) is 0 Å².